The van der Waals surface area contributed by atoms with Crippen LogP contribution in [0, 0.1) is 18.8 Å². The molecule has 0 aromatic heterocycles. The molecule has 0 heterocycles. The first-order valence-electron chi connectivity index (χ1n) is 5.08. The van der Waals surface area contributed by atoms with Gasteiger partial charge in [-0.2, -0.15) is 0 Å². The Morgan fingerprint density at radius 2 is 1.86 bits per heavy atom. The molecule has 0 radical (unpaired) electrons. The zero-order valence-corrected chi connectivity index (χ0v) is 8.72. The monoisotopic (exact) mass is 187 g/mol. The van der Waals surface area contributed by atoms with E-state index in [1.807, 2.05) is 0 Å². The summed E-state index contributed by atoms with van der Waals surface area (Å²) in [7, 11) is 0. The Hall–Kier alpha value is -1.26. The van der Waals surface area contributed by atoms with Gasteiger partial charge in [-0.05, 0) is 38.4 Å². The van der Waals surface area contributed by atoms with Gasteiger partial charge in [0.05, 0.1) is 0 Å². The molecule has 0 saturated carbocycles. The fourth-order valence-corrected chi connectivity index (χ4v) is 1.16. The highest BCUT2D eigenvalue weighted by Gasteiger charge is 1.85. The van der Waals surface area contributed by atoms with Crippen molar-refractivity contribution >= 4 is 0 Å². The Kier molecular flexibility index (Phi) is 4.82. The van der Waals surface area contributed by atoms with Gasteiger partial charge < -0.3 is 5.73 Å². The van der Waals surface area contributed by atoms with Crippen molar-refractivity contribution in [3.8, 4) is 11.8 Å². The number of aryl methyl sites for hydroxylation is 1. The van der Waals surface area contributed by atoms with Crippen LogP contribution in [-0.4, -0.2) is 6.54 Å². The number of hydrogen-bond donors (Lipinski definition) is 1. The van der Waals surface area contributed by atoms with E-state index >= 15 is 0 Å². The summed E-state index contributed by atoms with van der Waals surface area (Å²) in [5.41, 5.74) is 7.77. The molecule has 2 N–H and O–H groups in total. The normalized spacial score (nSPS) is 9.29. The van der Waals surface area contributed by atoms with E-state index < -0.39 is 0 Å². The summed E-state index contributed by atoms with van der Waals surface area (Å²) in [5, 5.41) is 0. The van der Waals surface area contributed by atoms with E-state index in [0.29, 0.717) is 0 Å². The number of nitrogens with two attached hydrogens (primary N) is 1. The Morgan fingerprint density at radius 3 is 2.50 bits per heavy atom. The van der Waals surface area contributed by atoms with Gasteiger partial charge in [-0.1, -0.05) is 29.5 Å². The first kappa shape index (κ1) is 10.8. The van der Waals surface area contributed by atoms with Crippen molar-refractivity contribution in [3.63, 3.8) is 0 Å². The predicted octanol–water partition coefficient (Wildman–Crippen LogP) is 2.48. The minimum absolute atomic E-state index is 0.770. The smallest absolute Gasteiger partial charge is 0.0245 e. The van der Waals surface area contributed by atoms with Crippen LogP contribution in [-0.2, 0) is 0 Å². The van der Waals surface area contributed by atoms with E-state index in [1.54, 1.807) is 0 Å². The fourth-order valence-electron chi connectivity index (χ4n) is 1.16. The van der Waals surface area contributed by atoms with E-state index in [0.717, 1.165) is 31.4 Å². The molecule has 0 unspecified atom stereocenters. The summed E-state index contributed by atoms with van der Waals surface area (Å²) < 4.78 is 0. The molecule has 0 aliphatic heterocycles. The molecule has 0 aliphatic carbocycles. The maximum absolute atomic E-state index is 5.39. The standard InChI is InChI=1S/C13H17N/c1-12-7-9-13(10-8-12)6-4-2-3-5-11-14/h7-10H,2-3,5,11,14H2,1H3. The predicted molar refractivity (Wildman–Crippen MR) is 61.0 cm³/mol. The highest BCUT2D eigenvalue weighted by atomic mass is 14.5. The van der Waals surface area contributed by atoms with Gasteiger partial charge in [0.2, 0.25) is 0 Å². The minimum Gasteiger partial charge on any atom is -0.330 e. The molecule has 0 aliphatic rings. The lowest BCUT2D eigenvalue weighted by Crippen LogP contribution is -1.96. The average molecular weight is 187 g/mol. The first-order valence-corrected chi connectivity index (χ1v) is 5.08. The molecular formula is C13H17N. The molecule has 0 fully saturated rings. The van der Waals surface area contributed by atoms with Crippen LogP contribution >= 0.6 is 0 Å². The van der Waals surface area contributed by atoms with Gasteiger partial charge >= 0.3 is 0 Å². The van der Waals surface area contributed by atoms with E-state index in [4.69, 9.17) is 5.73 Å². The molecule has 1 aromatic carbocycles. The van der Waals surface area contributed by atoms with Crippen LogP contribution in [0.3, 0.4) is 0 Å². The van der Waals surface area contributed by atoms with Crippen LogP contribution in [0.5, 0.6) is 0 Å². The Bertz CT molecular complexity index is 313. The molecule has 1 aromatic rings. The lowest BCUT2D eigenvalue weighted by atomic mass is 10.1. The van der Waals surface area contributed by atoms with Crippen molar-refractivity contribution in [2.75, 3.05) is 6.54 Å². The maximum Gasteiger partial charge on any atom is 0.0245 e. The zero-order valence-electron chi connectivity index (χ0n) is 8.72. The van der Waals surface area contributed by atoms with Crippen molar-refractivity contribution in [1.29, 1.82) is 0 Å². The van der Waals surface area contributed by atoms with Crippen LogP contribution in [0.4, 0.5) is 0 Å². The van der Waals surface area contributed by atoms with Crippen molar-refractivity contribution in [1.82, 2.24) is 0 Å². The quantitative estimate of drug-likeness (QED) is 0.571. The van der Waals surface area contributed by atoms with E-state index in [2.05, 4.69) is 43.0 Å². The van der Waals surface area contributed by atoms with Crippen LogP contribution in [0.25, 0.3) is 0 Å². The third-order valence-electron chi connectivity index (χ3n) is 2.04. The summed E-state index contributed by atoms with van der Waals surface area (Å²) in [4.78, 5) is 0. The third-order valence-corrected chi connectivity index (χ3v) is 2.04. The van der Waals surface area contributed by atoms with E-state index in [-0.39, 0.29) is 0 Å². The number of unbranched alkanes of at least 4 members (excludes halogenated alkanes) is 2. The molecule has 1 heteroatoms. The molecule has 1 rings (SSSR count). The first-order chi connectivity index (χ1) is 6.83. The van der Waals surface area contributed by atoms with Gasteiger partial charge in [-0.25, -0.2) is 0 Å². The third kappa shape index (κ3) is 4.11. The second-order valence-electron chi connectivity index (χ2n) is 3.41. The SMILES string of the molecule is Cc1ccc(C#CCCCCN)cc1. The van der Waals surface area contributed by atoms with Gasteiger partial charge in [0, 0.05) is 12.0 Å². The number of benzene rings is 1. The second-order valence-corrected chi connectivity index (χ2v) is 3.41. The zero-order chi connectivity index (χ0) is 10.2. The Labute approximate surface area is 86.3 Å². The minimum atomic E-state index is 0.770. The average Bonchev–Trinajstić information content (AvgIpc) is 2.21. The highest BCUT2D eigenvalue weighted by molar-refractivity contribution is 5.35. The van der Waals surface area contributed by atoms with Crippen LogP contribution in [0.15, 0.2) is 24.3 Å². The number of hydrogen-bond acceptors (Lipinski definition) is 1. The fraction of sp³-hybridized carbons (Fsp3) is 0.385. The van der Waals surface area contributed by atoms with Crippen molar-refractivity contribution in [2.45, 2.75) is 26.2 Å². The van der Waals surface area contributed by atoms with E-state index in [1.165, 1.54) is 5.56 Å². The van der Waals surface area contributed by atoms with Gasteiger partial charge in [-0.3, -0.25) is 0 Å². The summed E-state index contributed by atoms with van der Waals surface area (Å²) >= 11 is 0. The summed E-state index contributed by atoms with van der Waals surface area (Å²) in [6.45, 7) is 2.85. The van der Waals surface area contributed by atoms with Crippen LogP contribution in [0.2, 0.25) is 0 Å². The molecule has 0 bridgehead atoms. The van der Waals surface area contributed by atoms with Crippen molar-refractivity contribution in [3.05, 3.63) is 35.4 Å². The molecule has 1 nitrogen and oxygen atoms in total. The molecule has 14 heavy (non-hydrogen) atoms. The molecule has 0 spiro atoms. The van der Waals surface area contributed by atoms with Gasteiger partial charge in [0.15, 0.2) is 0 Å². The molecular weight excluding hydrogens is 170 g/mol. The molecule has 74 valence electrons. The Morgan fingerprint density at radius 1 is 1.14 bits per heavy atom. The lowest BCUT2D eigenvalue weighted by molar-refractivity contribution is 0.768. The second kappa shape index (κ2) is 6.23. The van der Waals surface area contributed by atoms with Crippen molar-refractivity contribution < 1.29 is 0 Å². The highest BCUT2D eigenvalue weighted by Crippen LogP contribution is 2.01. The van der Waals surface area contributed by atoms with E-state index in [9.17, 15) is 0 Å². The van der Waals surface area contributed by atoms with Gasteiger partial charge in [0.1, 0.15) is 0 Å². The van der Waals surface area contributed by atoms with Crippen molar-refractivity contribution in [2.24, 2.45) is 5.73 Å². The summed E-state index contributed by atoms with van der Waals surface area (Å²) in [5.74, 6) is 6.29. The largest absolute Gasteiger partial charge is 0.330 e. The van der Waals surface area contributed by atoms with Crippen LogP contribution < -0.4 is 5.73 Å². The lowest BCUT2D eigenvalue weighted by Gasteiger charge is -1.92. The molecule has 0 saturated heterocycles. The number of rotatable bonds is 3. The summed E-state index contributed by atoms with van der Waals surface area (Å²) in [6.07, 6.45) is 3.13. The Balaban J connectivity index is 2.39. The summed E-state index contributed by atoms with van der Waals surface area (Å²) in [6, 6.07) is 8.30. The maximum atomic E-state index is 5.39. The molecule has 0 amide bonds. The van der Waals surface area contributed by atoms with Gasteiger partial charge in [-0.15, -0.1) is 0 Å². The van der Waals surface area contributed by atoms with Crippen LogP contribution in [0.1, 0.15) is 30.4 Å². The topological polar surface area (TPSA) is 26.0 Å². The molecule has 0 atom stereocenters. The van der Waals surface area contributed by atoms with Gasteiger partial charge in [0.25, 0.3) is 0 Å².